The van der Waals surface area contributed by atoms with E-state index in [4.69, 9.17) is 5.11 Å². The van der Waals surface area contributed by atoms with Crippen LogP contribution in [0.4, 0.5) is 0 Å². The lowest BCUT2D eigenvalue weighted by molar-refractivity contribution is -0.239. The van der Waals surface area contributed by atoms with Crippen LogP contribution < -0.4 is 0 Å². The highest BCUT2D eigenvalue weighted by atomic mass is 16.4. The number of allylic oxidation sites excluding steroid dienone is 1. The van der Waals surface area contributed by atoms with E-state index < -0.39 is 5.97 Å². The molecule has 0 bridgehead atoms. The van der Waals surface area contributed by atoms with Crippen LogP contribution in [-0.4, -0.2) is 40.9 Å². The van der Waals surface area contributed by atoms with Gasteiger partial charge in [-0.15, -0.1) is 0 Å². The van der Waals surface area contributed by atoms with Gasteiger partial charge in [0.15, 0.2) is 0 Å². The van der Waals surface area contributed by atoms with Gasteiger partial charge >= 0.3 is 5.97 Å². The van der Waals surface area contributed by atoms with Crippen LogP contribution in [0.5, 0.6) is 0 Å². The predicted octanol–water partition coefficient (Wildman–Crippen LogP) is 7.15. The van der Waals surface area contributed by atoms with Crippen LogP contribution in [0.1, 0.15) is 99.3 Å². The molecule has 0 radical (unpaired) electrons. The molecule has 5 aliphatic rings. The SMILES string of the molecule is C=C(C)[C@@H]1CC[C@]2(C=O)CC[C@]3(C)[C@H](CC[C@@H]4[C@@]5(C)CCN(CC=CC(=O)O)C(C)(C)[C@@H]5CC[C@]43C)[C@@H]12. The number of fused-ring (bicyclic) bond motifs is 7. The van der Waals surface area contributed by atoms with Crippen molar-refractivity contribution in [1.82, 2.24) is 4.90 Å². The summed E-state index contributed by atoms with van der Waals surface area (Å²) in [6, 6.07) is 0. The third-order valence-electron chi connectivity index (χ3n) is 13.8. The van der Waals surface area contributed by atoms with E-state index in [1.54, 1.807) is 0 Å². The highest BCUT2D eigenvalue weighted by Gasteiger charge is 2.70. The first-order chi connectivity index (χ1) is 17.3. The molecule has 4 aliphatic carbocycles. The number of carbonyl (C=O) groups excluding carboxylic acids is 1. The van der Waals surface area contributed by atoms with Crippen molar-refractivity contribution in [1.29, 1.82) is 0 Å². The van der Waals surface area contributed by atoms with Gasteiger partial charge in [-0.05, 0) is 131 Å². The Kier molecular flexibility index (Phi) is 6.46. The lowest BCUT2D eigenvalue weighted by atomic mass is 9.33. The number of nitrogens with zero attached hydrogens (tertiary/aromatic N) is 1. The van der Waals surface area contributed by atoms with Gasteiger partial charge in [0, 0.05) is 23.6 Å². The molecular weight excluding hydrogens is 458 g/mol. The molecule has 0 spiro atoms. The molecule has 9 atom stereocenters. The van der Waals surface area contributed by atoms with Gasteiger partial charge < -0.3 is 9.90 Å². The Morgan fingerprint density at radius 3 is 2.32 bits per heavy atom. The zero-order valence-corrected chi connectivity index (χ0v) is 24.3. The Labute approximate surface area is 225 Å². The molecule has 0 aromatic heterocycles. The number of aliphatic carboxylic acids is 1. The standard InChI is InChI=1S/C33H51NO3/c1-22(2)23-12-15-33(21-35)17-16-31(6)24(28(23)33)10-11-26-30(5)18-20-34(19-8-9-27(36)37)29(3,4)25(30)13-14-32(26,31)7/h8-9,21,23-26,28H,1,10-20H2,2-7H3,(H,36,37)/t23-,24+,25-,26+,28+,30-,31+,32+,33+/m0/s1. The fourth-order valence-corrected chi connectivity index (χ4v) is 11.8. The van der Waals surface area contributed by atoms with Crippen molar-refractivity contribution in [3.05, 3.63) is 24.3 Å². The number of hydrogen-bond acceptors (Lipinski definition) is 3. The summed E-state index contributed by atoms with van der Waals surface area (Å²) < 4.78 is 0. The highest BCUT2D eigenvalue weighted by molar-refractivity contribution is 5.79. The molecular formula is C33H51NO3. The second-order valence-electron chi connectivity index (χ2n) is 15.1. The van der Waals surface area contributed by atoms with Gasteiger partial charge in [0.05, 0.1) is 0 Å². The van der Waals surface area contributed by atoms with Gasteiger partial charge in [0.2, 0.25) is 0 Å². The third-order valence-corrected chi connectivity index (χ3v) is 13.8. The minimum absolute atomic E-state index is 0.0463. The normalized spacial score (nSPS) is 49.0. The number of hydrogen-bond donors (Lipinski definition) is 1. The van der Waals surface area contributed by atoms with Gasteiger partial charge in [-0.25, -0.2) is 4.79 Å². The van der Waals surface area contributed by atoms with E-state index in [0.717, 1.165) is 25.8 Å². The smallest absolute Gasteiger partial charge is 0.328 e. The number of carboxylic acids is 1. The molecule has 37 heavy (non-hydrogen) atoms. The van der Waals surface area contributed by atoms with Crippen molar-refractivity contribution in [3.63, 3.8) is 0 Å². The van der Waals surface area contributed by atoms with E-state index in [1.807, 2.05) is 6.08 Å². The number of rotatable bonds is 5. The van der Waals surface area contributed by atoms with Crippen LogP contribution in [0.25, 0.3) is 0 Å². The molecule has 4 saturated carbocycles. The summed E-state index contributed by atoms with van der Waals surface area (Å²) in [5.41, 5.74) is 2.08. The topological polar surface area (TPSA) is 57.6 Å². The van der Waals surface area contributed by atoms with E-state index in [-0.39, 0.29) is 16.4 Å². The minimum atomic E-state index is -0.861. The molecule has 0 aromatic carbocycles. The van der Waals surface area contributed by atoms with E-state index in [1.165, 1.54) is 56.5 Å². The number of carboxylic acid groups (broad SMARTS) is 1. The van der Waals surface area contributed by atoms with E-state index in [2.05, 4.69) is 53.0 Å². The average molecular weight is 510 g/mol. The second kappa shape index (κ2) is 8.80. The Morgan fingerprint density at radius 1 is 0.946 bits per heavy atom. The Bertz CT molecular complexity index is 1000. The van der Waals surface area contributed by atoms with Crippen molar-refractivity contribution in [2.24, 2.45) is 51.2 Å². The van der Waals surface area contributed by atoms with Crippen LogP contribution in [0, 0.1) is 51.2 Å². The summed E-state index contributed by atoms with van der Waals surface area (Å²) in [6.07, 6.45) is 15.2. The quantitative estimate of drug-likeness (QED) is 0.243. The molecule has 1 aliphatic heterocycles. The second-order valence-corrected chi connectivity index (χ2v) is 15.1. The Hall–Kier alpha value is -1.42. The van der Waals surface area contributed by atoms with Crippen LogP contribution in [0.2, 0.25) is 0 Å². The van der Waals surface area contributed by atoms with Crippen molar-refractivity contribution < 1.29 is 14.7 Å². The predicted molar refractivity (Wildman–Crippen MR) is 149 cm³/mol. The van der Waals surface area contributed by atoms with Crippen LogP contribution in [0.15, 0.2) is 24.3 Å². The first kappa shape index (κ1) is 27.2. The summed E-state index contributed by atoms with van der Waals surface area (Å²) in [5.74, 6) is 2.04. The molecule has 4 nitrogen and oxygen atoms in total. The first-order valence-electron chi connectivity index (χ1n) is 15.0. The summed E-state index contributed by atoms with van der Waals surface area (Å²) in [5, 5.41) is 9.08. The molecule has 0 unspecified atom stereocenters. The summed E-state index contributed by atoms with van der Waals surface area (Å²) in [4.78, 5) is 26.2. The monoisotopic (exact) mass is 509 g/mol. The summed E-state index contributed by atoms with van der Waals surface area (Å²) in [6.45, 7) is 21.1. The van der Waals surface area contributed by atoms with E-state index >= 15 is 0 Å². The van der Waals surface area contributed by atoms with Crippen molar-refractivity contribution in [2.45, 2.75) is 105 Å². The van der Waals surface area contributed by atoms with Crippen LogP contribution in [0.3, 0.4) is 0 Å². The molecule has 4 heteroatoms. The van der Waals surface area contributed by atoms with Gasteiger partial charge in [-0.2, -0.15) is 0 Å². The van der Waals surface area contributed by atoms with Crippen molar-refractivity contribution in [3.8, 4) is 0 Å². The number of carbonyl (C=O) groups is 2. The molecule has 5 fully saturated rings. The third kappa shape index (κ3) is 3.63. The molecule has 5 rings (SSSR count). The Balaban J connectivity index is 1.47. The van der Waals surface area contributed by atoms with Crippen LogP contribution in [-0.2, 0) is 9.59 Å². The zero-order chi connectivity index (χ0) is 27.0. The largest absolute Gasteiger partial charge is 0.478 e. The zero-order valence-electron chi connectivity index (χ0n) is 24.3. The van der Waals surface area contributed by atoms with Gasteiger partial charge in [-0.1, -0.05) is 39.0 Å². The van der Waals surface area contributed by atoms with Gasteiger partial charge in [0.1, 0.15) is 6.29 Å². The minimum Gasteiger partial charge on any atom is -0.478 e. The lowest BCUT2D eigenvalue weighted by Crippen LogP contribution is -2.69. The lowest BCUT2D eigenvalue weighted by Gasteiger charge is -2.73. The molecule has 206 valence electrons. The van der Waals surface area contributed by atoms with Crippen molar-refractivity contribution in [2.75, 3.05) is 13.1 Å². The maximum Gasteiger partial charge on any atom is 0.328 e. The van der Waals surface area contributed by atoms with E-state index in [9.17, 15) is 9.59 Å². The molecule has 1 N–H and O–H groups in total. The van der Waals surface area contributed by atoms with Crippen molar-refractivity contribution >= 4 is 12.3 Å². The Morgan fingerprint density at radius 2 is 1.68 bits per heavy atom. The number of piperidine rings is 1. The maximum absolute atomic E-state index is 12.7. The molecule has 0 amide bonds. The van der Waals surface area contributed by atoms with Gasteiger partial charge in [-0.3, -0.25) is 4.90 Å². The summed E-state index contributed by atoms with van der Waals surface area (Å²) in [7, 11) is 0. The fourth-order valence-electron chi connectivity index (χ4n) is 11.8. The van der Waals surface area contributed by atoms with Crippen LogP contribution >= 0.6 is 0 Å². The highest BCUT2D eigenvalue weighted by Crippen LogP contribution is 2.76. The molecule has 1 saturated heterocycles. The molecule has 1 heterocycles. The maximum atomic E-state index is 12.7. The molecule has 0 aromatic rings. The fraction of sp³-hybridized carbons (Fsp3) is 0.818. The average Bonchev–Trinajstić information content (AvgIpc) is 3.21. The van der Waals surface area contributed by atoms with Gasteiger partial charge in [0.25, 0.3) is 0 Å². The van der Waals surface area contributed by atoms with E-state index in [0.29, 0.717) is 47.0 Å². The summed E-state index contributed by atoms with van der Waals surface area (Å²) >= 11 is 0. The first-order valence-corrected chi connectivity index (χ1v) is 15.0. The number of aldehydes is 1. The number of likely N-dealkylation sites (tertiary alicyclic amines) is 1.